The topological polar surface area (TPSA) is 0 Å². The Bertz CT molecular complexity index is 118. The summed E-state index contributed by atoms with van der Waals surface area (Å²) < 4.78 is 0. The van der Waals surface area contributed by atoms with Crippen LogP contribution in [0, 0.1) is 5.92 Å². The van der Waals surface area contributed by atoms with Gasteiger partial charge in [-0.15, -0.1) is 0 Å². The summed E-state index contributed by atoms with van der Waals surface area (Å²) in [7, 11) is 0. The minimum atomic E-state index is 0.852. The van der Waals surface area contributed by atoms with Crippen molar-refractivity contribution in [1.29, 1.82) is 0 Å². The molecule has 0 radical (unpaired) electrons. The van der Waals surface area contributed by atoms with Crippen molar-refractivity contribution in [2.24, 2.45) is 5.92 Å². The van der Waals surface area contributed by atoms with Crippen LogP contribution in [0.15, 0.2) is 12.2 Å². The van der Waals surface area contributed by atoms with Crippen LogP contribution in [0.3, 0.4) is 0 Å². The zero-order valence-corrected chi connectivity index (χ0v) is 7.66. The summed E-state index contributed by atoms with van der Waals surface area (Å²) in [5, 5.41) is 0.852. The molecule has 0 saturated heterocycles. The monoisotopic (exact) mass is 156 g/mol. The molecule has 0 N–H and O–H groups in total. The smallest absolute Gasteiger partial charge is 0.00474 e. The molecule has 1 aliphatic rings. The van der Waals surface area contributed by atoms with Gasteiger partial charge in [0.05, 0.1) is 0 Å². The van der Waals surface area contributed by atoms with Crippen molar-refractivity contribution < 1.29 is 0 Å². The highest BCUT2D eigenvalue weighted by molar-refractivity contribution is 7.99. The highest BCUT2D eigenvalue weighted by atomic mass is 32.2. The Morgan fingerprint density at radius 3 is 2.90 bits per heavy atom. The molecular formula is C9H16S. The van der Waals surface area contributed by atoms with Gasteiger partial charge in [-0.2, -0.15) is 11.8 Å². The van der Waals surface area contributed by atoms with E-state index in [9.17, 15) is 0 Å². The van der Waals surface area contributed by atoms with Gasteiger partial charge in [0.2, 0.25) is 0 Å². The third kappa shape index (κ3) is 2.37. The molecule has 0 nitrogen and oxygen atoms in total. The van der Waals surface area contributed by atoms with Gasteiger partial charge >= 0.3 is 0 Å². The fourth-order valence-electron chi connectivity index (χ4n) is 1.11. The van der Waals surface area contributed by atoms with Crippen molar-refractivity contribution in [3.63, 3.8) is 0 Å². The lowest BCUT2D eigenvalue weighted by Crippen LogP contribution is -2.10. The summed E-state index contributed by atoms with van der Waals surface area (Å²) in [5.41, 5.74) is 0. The molecule has 0 saturated carbocycles. The molecule has 1 heteroatoms. The fraction of sp³-hybridized carbons (Fsp3) is 0.778. The molecule has 0 spiro atoms. The van der Waals surface area contributed by atoms with Crippen molar-refractivity contribution in [1.82, 2.24) is 0 Å². The minimum absolute atomic E-state index is 0.852. The van der Waals surface area contributed by atoms with Crippen LogP contribution < -0.4 is 0 Å². The number of hydrogen-bond donors (Lipinski definition) is 0. The standard InChI is InChI=1S/C9H16S/c1-8-6-4-3-5-7-10-9(8)2/h3-4,8-9H,5-7H2,1-2H3/b4-3-. The van der Waals surface area contributed by atoms with Crippen LogP contribution in [-0.2, 0) is 0 Å². The van der Waals surface area contributed by atoms with E-state index < -0.39 is 0 Å². The molecule has 0 fully saturated rings. The average Bonchev–Trinajstić information content (AvgIpc) is 1.92. The SMILES string of the molecule is CC1C/C=C\CCSC1C. The first-order valence-electron chi connectivity index (χ1n) is 4.07. The van der Waals surface area contributed by atoms with Crippen LogP contribution in [0.2, 0.25) is 0 Å². The van der Waals surface area contributed by atoms with Crippen LogP contribution in [0.1, 0.15) is 26.7 Å². The maximum atomic E-state index is 2.34. The molecule has 1 aliphatic heterocycles. The van der Waals surface area contributed by atoms with Crippen LogP contribution in [-0.4, -0.2) is 11.0 Å². The zero-order valence-electron chi connectivity index (χ0n) is 6.84. The second-order valence-electron chi connectivity index (χ2n) is 3.05. The molecule has 0 aromatic heterocycles. The molecular weight excluding hydrogens is 140 g/mol. The summed E-state index contributed by atoms with van der Waals surface area (Å²) in [6.45, 7) is 4.68. The number of hydrogen-bond acceptors (Lipinski definition) is 1. The normalized spacial score (nSPS) is 38.2. The third-order valence-electron chi connectivity index (χ3n) is 2.14. The first-order chi connectivity index (χ1) is 4.80. The van der Waals surface area contributed by atoms with Gasteiger partial charge < -0.3 is 0 Å². The Hall–Kier alpha value is 0.0900. The Labute approximate surface area is 68.1 Å². The summed E-state index contributed by atoms with van der Waals surface area (Å²) in [4.78, 5) is 0. The van der Waals surface area contributed by atoms with E-state index in [1.165, 1.54) is 18.6 Å². The predicted molar refractivity (Wildman–Crippen MR) is 49.5 cm³/mol. The minimum Gasteiger partial charge on any atom is -0.158 e. The van der Waals surface area contributed by atoms with Gasteiger partial charge in [0.1, 0.15) is 0 Å². The first-order valence-corrected chi connectivity index (χ1v) is 5.12. The van der Waals surface area contributed by atoms with E-state index in [0.717, 1.165) is 11.2 Å². The first kappa shape index (κ1) is 8.19. The van der Waals surface area contributed by atoms with Gasteiger partial charge in [0.25, 0.3) is 0 Å². The maximum absolute atomic E-state index is 2.34. The van der Waals surface area contributed by atoms with E-state index in [1.807, 2.05) is 0 Å². The Balaban J connectivity index is 2.41. The molecule has 10 heavy (non-hydrogen) atoms. The van der Waals surface area contributed by atoms with E-state index >= 15 is 0 Å². The Kier molecular flexibility index (Phi) is 3.33. The molecule has 0 aromatic carbocycles. The van der Waals surface area contributed by atoms with Crippen LogP contribution in [0.4, 0.5) is 0 Å². The highest BCUT2D eigenvalue weighted by Crippen LogP contribution is 2.24. The molecule has 0 bridgehead atoms. The number of rotatable bonds is 0. The largest absolute Gasteiger partial charge is 0.158 e. The second kappa shape index (κ2) is 4.07. The van der Waals surface area contributed by atoms with Crippen LogP contribution in [0.25, 0.3) is 0 Å². The molecule has 1 rings (SSSR count). The van der Waals surface area contributed by atoms with E-state index in [2.05, 4.69) is 37.8 Å². The quantitative estimate of drug-likeness (QED) is 0.486. The molecule has 58 valence electrons. The lowest BCUT2D eigenvalue weighted by molar-refractivity contribution is 0.583. The van der Waals surface area contributed by atoms with E-state index in [4.69, 9.17) is 0 Å². The summed E-state index contributed by atoms with van der Waals surface area (Å²) in [5.74, 6) is 2.17. The highest BCUT2D eigenvalue weighted by Gasteiger charge is 2.11. The van der Waals surface area contributed by atoms with Gasteiger partial charge in [0.15, 0.2) is 0 Å². The van der Waals surface area contributed by atoms with Crippen molar-refractivity contribution in [3.05, 3.63) is 12.2 Å². The number of allylic oxidation sites excluding steroid dienone is 2. The van der Waals surface area contributed by atoms with Crippen molar-refractivity contribution >= 4 is 11.8 Å². The molecule has 2 unspecified atom stereocenters. The summed E-state index contributed by atoms with van der Waals surface area (Å²) in [6, 6.07) is 0. The lowest BCUT2D eigenvalue weighted by atomic mass is 10.0. The van der Waals surface area contributed by atoms with E-state index in [0.29, 0.717) is 0 Å². The van der Waals surface area contributed by atoms with Crippen molar-refractivity contribution in [2.75, 3.05) is 5.75 Å². The van der Waals surface area contributed by atoms with Crippen molar-refractivity contribution in [3.8, 4) is 0 Å². The van der Waals surface area contributed by atoms with E-state index in [-0.39, 0.29) is 0 Å². The Morgan fingerprint density at radius 1 is 1.30 bits per heavy atom. The van der Waals surface area contributed by atoms with Gasteiger partial charge in [-0.25, -0.2) is 0 Å². The van der Waals surface area contributed by atoms with Gasteiger partial charge in [-0.05, 0) is 24.5 Å². The Morgan fingerprint density at radius 2 is 2.10 bits per heavy atom. The average molecular weight is 156 g/mol. The lowest BCUT2D eigenvalue weighted by Gasteiger charge is -2.19. The fourth-order valence-corrected chi connectivity index (χ4v) is 2.19. The molecule has 1 heterocycles. The maximum Gasteiger partial charge on any atom is 0.00474 e. The third-order valence-corrected chi connectivity index (χ3v) is 3.60. The molecule has 0 aromatic rings. The van der Waals surface area contributed by atoms with Gasteiger partial charge in [-0.3, -0.25) is 0 Å². The van der Waals surface area contributed by atoms with Gasteiger partial charge in [-0.1, -0.05) is 26.0 Å². The van der Waals surface area contributed by atoms with Crippen molar-refractivity contribution in [2.45, 2.75) is 31.9 Å². The molecule has 2 atom stereocenters. The summed E-state index contributed by atoms with van der Waals surface area (Å²) in [6.07, 6.45) is 7.19. The second-order valence-corrected chi connectivity index (χ2v) is 4.53. The molecule has 0 aliphatic carbocycles. The molecule has 0 amide bonds. The zero-order chi connectivity index (χ0) is 7.40. The van der Waals surface area contributed by atoms with Crippen LogP contribution in [0.5, 0.6) is 0 Å². The number of thioether (sulfide) groups is 1. The van der Waals surface area contributed by atoms with Crippen LogP contribution >= 0.6 is 11.8 Å². The van der Waals surface area contributed by atoms with E-state index in [1.54, 1.807) is 0 Å². The summed E-state index contributed by atoms with van der Waals surface area (Å²) >= 11 is 2.11. The van der Waals surface area contributed by atoms with Gasteiger partial charge in [0, 0.05) is 5.25 Å². The predicted octanol–water partition coefficient (Wildman–Crippen LogP) is 3.09.